The van der Waals surface area contributed by atoms with Gasteiger partial charge in [0.25, 0.3) is 0 Å². The minimum Gasteiger partial charge on any atom is -0.480 e. The number of hydrogen-bond acceptors (Lipinski definition) is 4. The van der Waals surface area contributed by atoms with Crippen LogP contribution in [0.2, 0.25) is 5.02 Å². The van der Waals surface area contributed by atoms with Crippen LogP contribution in [0.3, 0.4) is 0 Å². The van der Waals surface area contributed by atoms with Crippen LogP contribution in [0.4, 0.5) is 4.79 Å². The molecule has 0 aliphatic heterocycles. The highest BCUT2D eigenvalue weighted by molar-refractivity contribution is 6.31. The number of halogens is 1. The first-order chi connectivity index (χ1) is 15.2. The molecule has 156 valence electrons. The summed E-state index contributed by atoms with van der Waals surface area (Å²) >= 11 is 6.03. The Morgan fingerprint density at radius 2 is 1.81 bits per heavy atom. The molecule has 5 nitrogen and oxygen atoms in total. The van der Waals surface area contributed by atoms with Gasteiger partial charge in [-0.1, -0.05) is 72.0 Å². The summed E-state index contributed by atoms with van der Waals surface area (Å²) in [6.07, 6.45) is 1.63. The summed E-state index contributed by atoms with van der Waals surface area (Å²) in [5.74, 6) is 6.36. The Kier molecular flexibility index (Phi) is 6.40. The summed E-state index contributed by atoms with van der Waals surface area (Å²) in [6, 6.07) is 18.2. The van der Waals surface area contributed by atoms with Crippen LogP contribution in [-0.2, 0) is 4.74 Å². The van der Waals surface area contributed by atoms with Gasteiger partial charge < -0.3 is 14.8 Å². The molecule has 4 rings (SSSR count). The van der Waals surface area contributed by atoms with E-state index < -0.39 is 6.09 Å². The maximum Gasteiger partial charge on any atom is 0.407 e. The first kappa shape index (κ1) is 20.8. The highest BCUT2D eigenvalue weighted by Gasteiger charge is 2.28. The lowest BCUT2D eigenvalue weighted by Gasteiger charge is -2.14. The number of amides is 1. The molecule has 1 aromatic heterocycles. The lowest BCUT2D eigenvalue weighted by atomic mass is 9.98. The number of methoxy groups -OCH3 is 1. The van der Waals surface area contributed by atoms with Crippen molar-refractivity contribution in [1.82, 2.24) is 10.3 Å². The van der Waals surface area contributed by atoms with Crippen LogP contribution in [0.1, 0.15) is 29.0 Å². The van der Waals surface area contributed by atoms with Crippen LogP contribution in [0, 0.1) is 11.8 Å². The molecule has 0 atom stereocenters. The van der Waals surface area contributed by atoms with Gasteiger partial charge in [-0.25, -0.2) is 9.78 Å². The second kappa shape index (κ2) is 9.55. The minimum absolute atomic E-state index is 0.0465. The van der Waals surface area contributed by atoms with Gasteiger partial charge in [-0.2, -0.15) is 0 Å². The fraction of sp³-hybridized carbons (Fsp3) is 0.200. The third kappa shape index (κ3) is 4.65. The van der Waals surface area contributed by atoms with E-state index in [9.17, 15) is 4.79 Å². The molecule has 0 unspecified atom stereocenters. The third-order valence-corrected chi connectivity index (χ3v) is 5.37. The average molecular weight is 433 g/mol. The quantitative estimate of drug-likeness (QED) is 0.454. The lowest BCUT2D eigenvalue weighted by Crippen LogP contribution is -2.26. The first-order valence-electron chi connectivity index (χ1n) is 9.94. The number of fused-ring (bicyclic) bond motifs is 3. The molecule has 0 saturated carbocycles. The van der Waals surface area contributed by atoms with Crippen molar-refractivity contribution in [2.24, 2.45) is 0 Å². The molecule has 1 heterocycles. The summed E-state index contributed by atoms with van der Waals surface area (Å²) in [5, 5.41) is 3.15. The van der Waals surface area contributed by atoms with E-state index in [1.54, 1.807) is 12.3 Å². The van der Waals surface area contributed by atoms with Crippen LogP contribution < -0.4 is 10.1 Å². The Bertz CT molecular complexity index is 1120. The Morgan fingerprint density at radius 1 is 1.13 bits per heavy atom. The third-order valence-electron chi connectivity index (χ3n) is 5.10. The smallest absolute Gasteiger partial charge is 0.407 e. The van der Waals surface area contributed by atoms with Crippen molar-refractivity contribution in [2.75, 3.05) is 20.3 Å². The van der Waals surface area contributed by atoms with E-state index >= 15 is 0 Å². The molecule has 0 saturated heterocycles. The zero-order valence-electron chi connectivity index (χ0n) is 17.0. The number of ether oxygens (including phenoxy) is 2. The van der Waals surface area contributed by atoms with Crippen LogP contribution in [-0.4, -0.2) is 31.3 Å². The Balaban J connectivity index is 1.28. The molecule has 6 heteroatoms. The van der Waals surface area contributed by atoms with Crippen molar-refractivity contribution in [3.8, 4) is 28.8 Å². The van der Waals surface area contributed by atoms with E-state index in [2.05, 4.69) is 46.4 Å². The molecule has 1 aliphatic carbocycles. The summed E-state index contributed by atoms with van der Waals surface area (Å²) < 4.78 is 10.5. The molecule has 3 aromatic rings. The number of benzene rings is 2. The zero-order valence-corrected chi connectivity index (χ0v) is 17.8. The molecule has 31 heavy (non-hydrogen) atoms. The van der Waals surface area contributed by atoms with Gasteiger partial charge in [-0.05, 0) is 28.3 Å². The highest BCUT2D eigenvalue weighted by Crippen LogP contribution is 2.44. The van der Waals surface area contributed by atoms with E-state index in [0.717, 1.165) is 0 Å². The van der Waals surface area contributed by atoms with Crippen molar-refractivity contribution >= 4 is 17.7 Å². The standard InChI is InChI=1S/C25H21ClN2O3/c1-30-24-23(26)14-17(15-28-24)8-6-7-13-27-25(29)31-16-22-20-11-4-2-9-18(20)19-10-3-5-12-21(19)22/h2-5,9-12,14-15,22H,7,13,16H2,1H3,(H,27,29). The predicted molar refractivity (Wildman–Crippen MR) is 120 cm³/mol. The Hall–Kier alpha value is -3.49. The second-order valence-corrected chi connectivity index (χ2v) is 7.43. The number of aromatic nitrogens is 1. The summed E-state index contributed by atoms with van der Waals surface area (Å²) in [5.41, 5.74) is 5.47. The molecule has 0 bridgehead atoms. The number of pyridine rings is 1. The molecule has 1 amide bonds. The van der Waals surface area contributed by atoms with Gasteiger partial charge in [0.1, 0.15) is 11.6 Å². The van der Waals surface area contributed by atoms with Crippen molar-refractivity contribution in [1.29, 1.82) is 0 Å². The maximum absolute atomic E-state index is 12.1. The van der Waals surface area contributed by atoms with E-state index in [-0.39, 0.29) is 5.92 Å². The molecular weight excluding hydrogens is 412 g/mol. The SMILES string of the molecule is COc1ncc(C#CCCNC(=O)OCC2c3ccccc3-c3ccccc32)cc1Cl. The van der Waals surface area contributed by atoms with Crippen LogP contribution in [0.5, 0.6) is 5.88 Å². The van der Waals surface area contributed by atoms with Gasteiger partial charge in [0.05, 0.1) is 7.11 Å². The van der Waals surface area contributed by atoms with E-state index in [4.69, 9.17) is 21.1 Å². The molecule has 1 aliphatic rings. The zero-order chi connectivity index (χ0) is 21.6. The van der Waals surface area contributed by atoms with Crippen molar-refractivity contribution in [2.45, 2.75) is 12.3 Å². The number of carbonyl (C=O) groups is 1. The van der Waals surface area contributed by atoms with Gasteiger partial charge >= 0.3 is 6.09 Å². The molecule has 0 radical (unpaired) electrons. The number of alkyl carbamates (subject to hydrolysis) is 1. The fourth-order valence-electron chi connectivity index (χ4n) is 3.68. The monoisotopic (exact) mass is 432 g/mol. The van der Waals surface area contributed by atoms with Gasteiger partial charge in [0.2, 0.25) is 5.88 Å². The van der Waals surface area contributed by atoms with Gasteiger partial charge in [0.15, 0.2) is 0 Å². The predicted octanol–water partition coefficient (Wildman–Crippen LogP) is 5.02. The van der Waals surface area contributed by atoms with Crippen LogP contribution >= 0.6 is 11.6 Å². The summed E-state index contributed by atoms with van der Waals surface area (Å²) in [7, 11) is 1.51. The second-order valence-electron chi connectivity index (χ2n) is 7.02. The lowest BCUT2D eigenvalue weighted by molar-refractivity contribution is 0.143. The Labute approximate surface area is 186 Å². The summed E-state index contributed by atoms with van der Waals surface area (Å²) in [6.45, 7) is 0.683. The van der Waals surface area contributed by atoms with Crippen LogP contribution in [0.25, 0.3) is 11.1 Å². The topological polar surface area (TPSA) is 60.5 Å². The maximum atomic E-state index is 12.1. The molecular formula is C25H21ClN2O3. The number of carbonyl (C=O) groups excluding carboxylic acids is 1. The van der Waals surface area contributed by atoms with Crippen molar-refractivity contribution in [3.63, 3.8) is 0 Å². The highest BCUT2D eigenvalue weighted by atomic mass is 35.5. The van der Waals surface area contributed by atoms with Crippen molar-refractivity contribution in [3.05, 3.63) is 82.5 Å². The minimum atomic E-state index is -0.446. The fourth-order valence-corrected chi connectivity index (χ4v) is 3.93. The first-order valence-corrected chi connectivity index (χ1v) is 10.3. The van der Waals surface area contributed by atoms with Crippen molar-refractivity contribution < 1.29 is 14.3 Å². The van der Waals surface area contributed by atoms with Gasteiger partial charge in [-0.15, -0.1) is 0 Å². The Morgan fingerprint density at radius 3 is 2.45 bits per heavy atom. The van der Waals surface area contributed by atoms with Gasteiger partial charge in [0, 0.05) is 30.6 Å². The van der Waals surface area contributed by atoms with E-state index in [1.807, 2.05) is 24.3 Å². The summed E-state index contributed by atoms with van der Waals surface area (Å²) in [4.78, 5) is 16.2. The number of nitrogens with one attached hydrogen (secondary N) is 1. The average Bonchev–Trinajstić information content (AvgIpc) is 3.11. The van der Waals surface area contributed by atoms with E-state index in [0.29, 0.717) is 36.0 Å². The molecule has 0 spiro atoms. The number of rotatable bonds is 5. The molecule has 2 aromatic carbocycles. The normalized spacial score (nSPS) is 11.7. The largest absolute Gasteiger partial charge is 0.480 e. The molecule has 0 fully saturated rings. The van der Waals surface area contributed by atoms with E-state index in [1.165, 1.54) is 29.4 Å². The molecule has 1 N–H and O–H groups in total. The number of hydrogen-bond donors (Lipinski definition) is 1. The van der Waals surface area contributed by atoms with Gasteiger partial charge in [-0.3, -0.25) is 0 Å². The van der Waals surface area contributed by atoms with Crippen LogP contribution in [0.15, 0.2) is 60.8 Å². The number of nitrogens with zero attached hydrogens (tertiary/aromatic N) is 1.